The van der Waals surface area contributed by atoms with E-state index < -0.39 is 0 Å². The Labute approximate surface area is 202 Å². The molecule has 0 fully saturated rings. The van der Waals surface area contributed by atoms with E-state index in [9.17, 15) is 0 Å². The van der Waals surface area contributed by atoms with E-state index in [1.807, 2.05) is 31.2 Å². The van der Waals surface area contributed by atoms with Gasteiger partial charge in [0.15, 0.2) is 5.75 Å². The number of rotatable bonds is 12. The summed E-state index contributed by atoms with van der Waals surface area (Å²) < 4.78 is 17.2. The number of nitrogens with zero attached hydrogens (tertiary/aromatic N) is 1. The maximum absolute atomic E-state index is 6.27. The van der Waals surface area contributed by atoms with Crippen LogP contribution in [0.4, 0.5) is 0 Å². The molecule has 0 N–H and O–H groups in total. The Morgan fingerprint density at radius 2 is 1.61 bits per heavy atom. The van der Waals surface area contributed by atoms with Gasteiger partial charge in [-0.1, -0.05) is 63.7 Å². The molecule has 0 aliphatic carbocycles. The van der Waals surface area contributed by atoms with Crippen LogP contribution in [0, 0.1) is 0 Å². The molecule has 0 amide bonds. The zero-order chi connectivity index (χ0) is 22.6. The van der Waals surface area contributed by atoms with Crippen molar-refractivity contribution in [1.82, 2.24) is 0 Å². The minimum Gasteiger partial charge on any atom is -0.493 e. The third-order valence-corrected chi connectivity index (χ3v) is 4.88. The van der Waals surface area contributed by atoms with E-state index in [0.717, 1.165) is 29.9 Å². The maximum Gasteiger partial charge on any atom is 0.156 e. The third kappa shape index (κ3) is 8.69. The van der Waals surface area contributed by atoms with Gasteiger partial charge in [0.1, 0.15) is 29.7 Å². The van der Waals surface area contributed by atoms with Crippen LogP contribution < -0.4 is 14.2 Å². The van der Waals surface area contributed by atoms with Gasteiger partial charge in [0.05, 0.1) is 29.0 Å². The first-order valence-corrected chi connectivity index (χ1v) is 11.0. The zero-order valence-corrected chi connectivity index (χ0v) is 20.2. The molecule has 9 heteroatoms. The minimum absolute atomic E-state index is 0.128. The van der Waals surface area contributed by atoms with Crippen molar-refractivity contribution in [2.45, 2.75) is 19.8 Å². The largest absolute Gasteiger partial charge is 0.493 e. The van der Waals surface area contributed by atoms with Gasteiger partial charge < -0.3 is 19.0 Å². The van der Waals surface area contributed by atoms with E-state index in [1.165, 1.54) is 13.2 Å². The van der Waals surface area contributed by atoms with Crippen molar-refractivity contribution in [2.24, 2.45) is 5.16 Å². The van der Waals surface area contributed by atoms with Crippen molar-refractivity contribution in [3.63, 3.8) is 0 Å². The standard InChI is InChI=1S/C22H23Cl4NO4/c1-15(27-28-2)17-7-3-4-8-20(17)30-10-5-6-11-31-22-18(23)13-16(14-19(22)24)29-12-9-21(25)26/h3-4,7-9,13-14H,5-6,10-12H2,1-2H3/b27-15+. The van der Waals surface area contributed by atoms with Crippen LogP contribution in [0.15, 0.2) is 52.1 Å². The van der Waals surface area contributed by atoms with Crippen molar-refractivity contribution in [3.8, 4) is 17.2 Å². The normalized spacial score (nSPS) is 11.1. The van der Waals surface area contributed by atoms with Crippen LogP contribution in [0.1, 0.15) is 25.3 Å². The molecular formula is C22H23Cl4NO4. The fourth-order valence-electron chi connectivity index (χ4n) is 2.60. The van der Waals surface area contributed by atoms with Gasteiger partial charge in [-0.05, 0) is 38.0 Å². The predicted octanol–water partition coefficient (Wildman–Crippen LogP) is 7.30. The Balaban J connectivity index is 1.80. The Hall–Kier alpha value is -1.79. The quantitative estimate of drug-likeness (QED) is 0.172. The molecule has 2 aromatic carbocycles. The molecule has 168 valence electrons. The lowest BCUT2D eigenvalue weighted by Crippen LogP contribution is -2.06. The van der Waals surface area contributed by atoms with Gasteiger partial charge in [0.25, 0.3) is 0 Å². The predicted molar refractivity (Wildman–Crippen MR) is 128 cm³/mol. The van der Waals surface area contributed by atoms with Crippen molar-refractivity contribution >= 4 is 52.1 Å². The van der Waals surface area contributed by atoms with Gasteiger partial charge in [-0.2, -0.15) is 0 Å². The summed E-state index contributed by atoms with van der Waals surface area (Å²) in [6, 6.07) is 10.9. The summed E-state index contributed by atoms with van der Waals surface area (Å²) in [6.45, 7) is 3.05. The van der Waals surface area contributed by atoms with Crippen LogP contribution in [-0.2, 0) is 4.84 Å². The highest BCUT2D eigenvalue weighted by atomic mass is 35.5. The highest BCUT2D eigenvalue weighted by Crippen LogP contribution is 2.37. The second-order valence-corrected chi connectivity index (χ2v) is 8.10. The molecule has 0 aliphatic heterocycles. The molecule has 0 heterocycles. The van der Waals surface area contributed by atoms with E-state index >= 15 is 0 Å². The topological polar surface area (TPSA) is 49.3 Å². The molecule has 0 saturated heterocycles. The van der Waals surface area contributed by atoms with Gasteiger partial charge in [0.2, 0.25) is 0 Å². The summed E-state index contributed by atoms with van der Waals surface area (Å²) in [7, 11) is 1.51. The summed E-state index contributed by atoms with van der Waals surface area (Å²) in [4.78, 5) is 4.84. The number of para-hydroxylation sites is 1. The molecule has 0 unspecified atom stereocenters. The van der Waals surface area contributed by atoms with E-state index in [4.69, 9.17) is 65.5 Å². The van der Waals surface area contributed by atoms with Crippen LogP contribution in [0.25, 0.3) is 0 Å². The number of hydrogen-bond acceptors (Lipinski definition) is 5. The van der Waals surface area contributed by atoms with Crippen LogP contribution >= 0.6 is 46.4 Å². The van der Waals surface area contributed by atoms with Gasteiger partial charge in [-0.3, -0.25) is 0 Å². The fourth-order valence-corrected chi connectivity index (χ4v) is 3.30. The molecule has 0 atom stereocenters. The lowest BCUT2D eigenvalue weighted by atomic mass is 10.1. The first kappa shape index (κ1) is 25.5. The summed E-state index contributed by atoms with van der Waals surface area (Å²) in [5.41, 5.74) is 1.64. The van der Waals surface area contributed by atoms with Crippen molar-refractivity contribution in [1.29, 1.82) is 0 Å². The van der Waals surface area contributed by atoms with Crippen LogP contribution in [-0.4, -0.2) is 32.6 Å². The van der Waals surface area contributed by atoms with E-state index in [0.29, 0.717) is 34.8 Å². The average Bonchev–Trinajstić information content (AvgIpc) is 2.72. The van der Waals surface area contributed by atoms with Gasteiger partial charge >= 0.3 is 0 Å². The third-order valence-electron chi connectivity index (χ3n) is 4.01. The van der Waals surface area contributed by atoms with Crippen molar-refractivity contribution in [2.75, 3.05) is 26.9 Å². The van der Waals surface area contributed by atoms with Crippen molar-refractivity contribution in [3.05, 3.63) is 62.6 Å². The average molecular weight is 507 g/mol. The van der Waals surface area contributed by atoms with Crippen LogP contribution in [0.2, 0.25) is 10.0 Å². The molecular weight excluding hydrogens is 484 g/mol. The van der Waals surface area contributed by atoms with E-state index in [-0.39, 0.29) is 11.1 Å². The number of unbranched alkanes of at least 4 members (excludes halogenated alkanes) is 1. The van der Waals surface area contributed by atoms with E-state index in [1.54, 1.807) is 12.1 Å². The SMILES string of the molecule is CO/N=C(\C)c1ccccc1OCCCCOc1c(Cl)cc(OCC=C(Cl)Cl)cc1Cl. The molecule has 0 bridgehead atoms. The van der Waals surface area contributed by atoms with Gasteiger partial charge in [-0.25, -0.2) is 0 Å². The summed E-state index contributed by atoms with van der Waals surface area (Å²) in [5, 5.41) is 4.69. The smallest absolute Gasteiger partial charge is 0.156 e. The van der Waals surface area contributed by atoms with Crippen LogP contribution in [0.5, 0.6) is 17.2 Å². The highest BCUT2D eigenvalue weighted by molar-refractivity contribution is 6.55. The Kier molecular flexibility index (Phi) is 11.2. The lowest BCUT2D eigenvalue weighted by Gasteiger charge is -2.13. The van der Waals surface area contributed by atoms with Crippen LogP contribution in [0.3, 0.4) is 0 Å². The Morgan fingerprint density at radius 1 is 0.968 bits per heavy atom. The Bertz CT molecular complexity index is 891. The highest BCUT2D eigenvalue weighted by Gasteiger charge is 2.11. The van der Waals surface area contributed by atoms with Gasteiger partial charge in [0, 0.05) is 17.7 Å². The number of oxime groups is 1. The molecule has 0 spiro atoms. The second kappa shape index (κ2) is 13.6. The molecule has 0 saturated carbocycles. The molecule has 0 aliphatic rings. The van der Waals surface area contributed by atoms with Crippen molar-refractivity contribution < 1.29 is 19.0 Å². The maximum atomic E-state index is 6.27. The first-order valence-electron chi connectivity index (χ1n) is 9.48. The minimum atomic E-state index is 0.128. The molecule has 0 aromatic heterocycles. The zero-order valence-electron chi connectivity index (χ0n) is 17.2. The Morgan fingerprint density at radius 3 is 2.26 bits per heavy atom. The number of ether oxygens (including phenoxy) is 3. The number of hydrogen-bond donors (Lipinski definition) is 0. The first-order chi connectivity index (χ1) is 14.9. The molecule has 0 radical (unpaired) electrons. The number of benzene rings is 2. The van der Waals surface area contributed by atoms with E-state index in [2.05, 4.69) is 5.16 Å². The summed E-state index contributed by atoms with van der Waals surface area (Å²) >= 11 is 23.6. The molecule has 2 aromatic rings. The van der Waals surface area contributed by atoms with Gasteiger partial charge in [-0.15, -0.1) is 0 Å². The molecule has 31 heavy (non-hydrogen) atoms. The lowest BCUT2D eigenvalue weighted by molar-refractivity contribution is 0.213. The molecule has 2 rings (SSSR count). The molecule has 5 nitrogen and oxygen atoms in total. The fraction of sp³-hybridized carbons (Fsp3) is 0.318. The summed E-state index contributed by atoms with van der Waals surface area (Å²) in [5.74, 6) is 1.67. The second-order valence-electron chi connectivity index (χ2n) is 6.28. The summed E-state index contributed by atoms with van der Waals surface area (Å²) in [6.07, 6.45) is 3.06. The number of halogens is 4. The monoisotopic (exact) mass is 505 g/mol.